The van der Waals surface area contributed by atoms with E-state index >= 15 is 0 Å². The van der Waals surface area contributed by atoms with Crippen molar-refractivity contribution in [3.8, 4) is 0 Å². The molecule has 0 fully saturated rings. The van der Waals surface area contributed by atoms with E-state index < -0.39 is 0 Å². The van der Waals surface area contributed by atoms with Crippen molar-refractivity contribution in [2.45, 2.75) is 13.8 Å². The standard InChI is InChI=1S/C17H17NO/c1-13-7-6-10-16(11-13)18-17(19)14(2)12-15-8-4-3-5-9-15/h3-12H,1-2H3,(H,18,19)/b14-12+. The van der Waals surface area contributed by atoms with Crippen LogP contribution in [0.2, 0.25) is 0 Å². The summed E-state index contributed by atoms with van der Waals surface area (Å²) >= 11 is 0. The molecule has 0 atom stereocenters. The molecule has 1 N–H and O–H groups in total. The molecule has 2 nitrogen and oxygen atoms in total. The van der Waals surface area contributed by atoms with E-state index in [0.29, 0.717) is 5.57 Å². The maximum absolute atomic E-state index is 12.0. The molecule has 1 amide bonds. The Kier molecular flexibility index (Phi) is 4.14. The molecule has 19 heavy (non-hydrogen) atoms. The van der Waals surface area contributed by atoms with Crippen LogP contribution in [0.4, 0.5) is 5.69 Å². The fourth-order valence-corrected chi connectivity index (χ4v) is 1.82. The molecule has 2 aromatic rings. The number of carbonyl (C=O) groups excluding carboxylic acids is 1. The lowest BCUT2D eigenvalue weighted by Gasteiger charge is -2.06. The Hall–Kier alpha value is -2.35. The predicted octanol–water partition coefficient (Wildman–Crippen LogP) is 4.04. The molecule has 0 saturated carbocycles. The van der Waals surface area contributed by atoms with E-state index in [-0.39, 0.29) is 5.91 Å². The zero-order valence-electron chi connectivity index (χ0n) is 11.2. The topological polar surface area (TPSA) is 29.1 Å². The number of rotatable bonds is 3. The summed E-state index contributed by atoms with van der Waals surface area (Å²) in [5.41, 5.74) is 3.67. The Labute approximate surface area is 113 Å². The number of anilines is 1. The summed E-state index contributed by atoms with van der Waals surface area (Å²) < 4.78 is 0. The average Bonchev–Trinajstić information content (AvgIpc) is 2.40. The fraction of sp³-hybridized carbons (Fsp3) is 0.118. The number of hydrogen-bond donors (Lipinski definition) is 1. The quantitative estimate of drug-likeness (QED) is 0.820. The molecule has 0 aromatic heterocycles. The van der Waals surface area contributed by atoms with E-state index in [1.165, 1.54) is 0 Å². The zero-order valence-corrected chi connectivity index (χ0v) is 11.2. The van der Waals surface area contributed by atoms with Crippen LogP contribution in [0.25, 0.3) is 6.08 Å². The SMILES string of the molecule is C/C(=C\c1ccccc1)C(=O)Nc1cccc(C)c1. The maximum Gasteiger partial charge on any atom is 0.251 e. The van der Waals surface area contributed by atoms with Crippen molar-refractivity contribution in [3.05, 3.63) is 71.3 Å². The second kappa shape index (κ2) is 6.01. The summed E-state index contributed by atoms with van der Waals surface area (Å²) in [4.78, 5) is 12.0. The van der Waals surface area contributed by atoms with Gasteiger partial charge in [-0.2, -0.15) is 0 Å². The normalized spacial score (nSPS) is 11.2. The highest BCUT2D eigenvalue weighted by atomic mass is 16.1. The van der Waals surface area contributed by atoms with Gasteiger partial charge in [0.05, 0.1) is 0 Å². The van der Waals surface area contributed by atoms with Crippen LogP contribution in [0.15, 0.2) is 60.2 Å². The van der Waals surface area contributed by atoms with Gasteiger partial charge in [0.1, 0.15) is 0 Å². The first-order chi connectivity index (χ1) is 9.15. The lowest BCUT2D eigenvalue weighted by atomic mass is 10.1. The number of hydrogen-bond acceptors (Lipinski definition) is 1. The van der Waals surface area contributed by atoms with Crippen LogP contribution >= 0.6 is 0 Å². The first-order valence-corrected chi connectivity index (χ1v) is 6.26. The molecule has 0 unspecified atom stereocenters. The summed E-state index contributed by atoms with van der Waals surface area (Å²) in [6.45, 7) is 3.82. The van der Waals surface area contributed by atoms with Gasteiger partial charge >= 0.3 is 0 Å². The molecule has 0 bridgehead atoms. The second-order valence-electron chi connectivity index (χ2n) is 4.56. The molecule has 2 heteroatoms. The third-order valence-corrected chi connectivity index (χ3v) is 2.82. The molecular weight excluding hydrogens is 234 g/mol. The Morgan fingerprint density at radius 2 is 1.79 bits per heavy atom. The first kappa shape index (κ1) is 13.1. The van der Waals surface area contributed by atoms with E-state index in [9.17, 15) is 4.79 Å². The van der Waals surface area contributed by atoms with E-state index in [2.05, 4.69) is 5.32 Å². The van der Waals surface area contributed by atoms with Crippen molar-refractivity contribution in [1.29, 1.82) is 0 Å². The minimum Gasteiger partial charge on any atom is -0.322 e. The van der Waals surface area contributed by atoms with Crippen molar-refractivity contribution in [3.63, 3.8) is 0 Å². The maximum atomic E-state index is 12.0. The lowest BCUT2D eigenvalue weighted by molar-refractivity contribution is -0.112. The van der Waals surface area contributed by atoms with Crippen LogP contribution in [0.5, 0.6) is 0 Å². The Morgan fingerprint density at radius 3 is 2.47 bits per heavy atom. The molecule has 2 rings (SSSR count). The highest BCUT2D eigenvalue weighted by molar-refractivity contribution is 6.06. The Balaban J connectivity index is 2.10. The minimum atomic E-state index is -0.0746. The zero-order chi connectivity index (χ0) is 13.7. The monoisotopic (exact) mass is 251 g/mol. The molecule has 2 aromatic carbocycles. The number of aryl methyl sites for hydroxylation is 1. The third-order valence-electron chi connectivity index (χ3n) is 2.82. The van der Waals surface area contributed by atoms with Gasteiger partial charge < -0.3 is 5.32 Å². The van der Waals surface area contributed by atoms with Gasteiger partial charge in [0.15, 0.2) is 0 Å². The number of benzene rings is 2. The highest BCUT2D eigenvalue weighted by Crippen LogP contribution is 2.12. The highest BCUT2D eigenvalue weighted by Gasteiger charge is 2.04. The summed E-state index contributed by atoms with van der Waals surface area (Å²) in [6, 6.07) is 17.6. The van der Waals surface area contributed by atoms with E-state index in [1.54, 1.807) is 0 Å². The summed E-state index contributed by atoms with van der Waals surface area (Å²) in [6.07, 6.45) is 1.88. The van der Waals surface area contributed by atoms with E-state index in [4.69, 9.17) is 0 Å². The van der Waals surface area contributed by atoms with Gasteiger partial charge in [-0.15, -0.1) is 0 Å². The molecular formula is C17H17NO. The Morgan fingerprint density at radius 1 is 1.05 bits per heavy atom. The van der Waals surface area contributed by atoms with Gasteiger partial charge in [0.2, 0.25) is 0 Å². The number of nitrogens with one attached hydrogen (secondary N) is 1. The molecule has 0 spiro atoms. The van der Waals surface area contributed by atoms with Crippen LogP contribution in [-0.2, 0) is 4.79 Å². The van der Waals surface area contributed by atoms with Crippen LogP contribution in [0.3, 0.4) is 0 Å². The molecule has 0 saturated heterocycles. The van der Waals surface area contributed by atoms with Gasteiger partial charge in [-0.3, -0.25) is 4.79 Å². The van der Waals surface area contributed by atoms with Crippen LogP contribution in [-0.4, -0.2) is 5.91 Å². The molecule has 0 aliphatic carbocycles. The largest absolute Gasteiger partial charge is 0.322 e. The number of carbonyl (C=O) groups is 1. The van der Waals surface area contributed by atoms with Gasteiger partial charge in [0, 0.05) is 11.3 Å². The van der Waals surface area contributed by atoms with Crippen molar-refractivity contribution < 1.29 is 4.79 Å². The fourth-order valence-electron chi connectivity index (χ4n) is 1.82. The van der Waals surface area contributed by atoms with Crippen molar-refractivity contribution in [2.75, 3.05) is 5.32 Å². The molecule has 0 radical (unpaired) electrons. The Bertz CT molecular complexity index is 600. The average molecular weight is 251 g/mol. The summed E-state index contributed by atoms with van der Waals surface area (Å²) in [5.74, 6) is -0.0746. The number of amides is 1. The minimum absolute atomic E-state index is 0.0746. The third kappa shape index (κ3) is 3.81. The van der Waals surface area contributed by atoms with Gasteiger partial charge in [-0.05, 0) is 43.2 Å². The smallest absolute Gasteiger partial charge is 0.251 e. The van der Waals surface area contributed by atoms with Crippen molar-refractivity contribution in [2.24, 2.45) is 0 Å². The molecule has 0 heterocycles. The van der Waals surface area contributed by atoms with E-state index in [0.717, 1.165) is 16.8 Å². The van der Waals surface area contributed by atoms with Gasteiger partial charge in [-0.1, -0.05) is 42.5 Å². The van der Waals surface area contributed by atoms with Crippen molar-refractivity contribution >= 4 is 17.7 Å². The summed E-state index contributed by atoms with van der Waals surface area (Å²) in [7, 11) is 0. The summed E-state index contributed by atoms with van der Waals surface area (Å²) in [5, 5.41) is 2.90. The van der Waals surface area contributed by atoms with Crippen LogP contribution in [0.1, 0.15) is 18.1 Å². The molecule has 96 valence electrons. The molecule has 0 aliphatic heterocycles. The first-order valence-electron chi connectivity index (χ1n) is 6.26. The second-order valence-corrected chi connectivity index (χ2v) is 4.56. The lowest BCUT2D eigenvalue weighted by Crippen LogP contribution is -2.12. The van der Waals surface area contributed by atoms with Gasteiger partial charge in [0.25, 0.3) is 5.91 Å². The van der Waals surface area contributed by atoms with Gasteiger partial charge in [-0.25, -0.2) is 0 Å². The van der Waals surface area contributed by atoms with E-state index in [1.807, 2.05) is 74.5 Å². The molecule has 0 aliphatic rings. The van der Waals surface area contributed by atoms with Crippen molar-refractivity contribution in [1.82, 2.24) is 0 Å². The predicted molar refractivity (Wildman–Crippen MR) is 79.9 cm³/mol. The van der Waals surface area contributed by atoms with Crippen LogP contribution in [0, 0.1) is 6.92 Å². The van der Waals surface area contributed by atoms with Crippen LogP contribution < -0.4 is 5.32 Å².